The van der Waals surface area contributed by atoms with Gasteiger partial charge in [-0.05, 0) is 37.3 Å². The van der Waals surface area contributed by atoms with Crippen LogP contribution in [-0.2, 0) is 0 Å². The Morgan fingerprint density at radius 2 is 2.14 bits per heavy atom. The fourth-order valence-corrected chi connectivity index (χ4v) is 2.92. The van der Waals surface area contributed by atoms with Crippen LogP contribution in [0, 0.1) is 16.0 Å². The zero-order valence-corrected chi connectivity index (χ0v) is 12.4. The Morgan fingerprint density at radius 3 is 2.91 bits per heavy atom. The van der Waals surface area contributed by atoms with Gasteiger partial charge in [0.1, 0.15) is 5.65 Å². The Labute approximate surface area is 127 Å². The Balaban J connectivity index is 2.17. The molecule has 3 rings (SSSR count). The molecule has 1 saturated heterocycles. The first-order valence-electron chi connectivity index (χ1n) is 7.48. The largest absolute Gasteiger partial charge is 0.376 e. The monoisotopic (exact) mass is 302 g/mol. The predicted octanol–water partition coefficient (Wildman–Crippen LogP) is 2.23. The summed E-state index contributed by atoms with van der Waals surface area (Å²) < 4.78 is 1.22. The van der Waals surface area contributed by atoms with Gasteiger partial charge in [0, 0.05) is 19.3 Å². The minimum Gasteiger partial charge on any atom is -0.351 e. The first-order valence-corrected chi connectivity index (χ1v) is 7.48. The van der Waals surface area contributed by atoms with E-state index in [0.29, 0.717) is 24.7 Å². The van der Waals surface area contributed by atoms with Gasteiger partial charge >= 0.3 is 11.2 Å². The van der Waals surface area contributed by atoms with E-state index in [1.54, 1.807) is 18.2 Å². The van der Waals surface area contributed by atoms with Crippen molar-refractivity contribution in [2.45, 2.75) is 26.2 Å². The van der Waals surface area contributed by atoms with E-state index in [4.69, 9.17) is 0 Å². The molecule has 1 fully saturated rings. The molecule has 116 valence electrons. The molecule has 22 heavy (non-hydrogen) atoms. The van der Waals surface area contributed by atoms with Gasteiger partial charge < -0.3 is 4.90 Å². The van der Waals surface area contributed by atoms with Crippen LogP contribution in [0.2, 0.25) is 0 Å². The lowest BCUT2D eigenvalue weighted by Crippen LogP contribution is -2.30. The topological polar surface area (TPSA) is 80.8 Å². The van der Waals surface area contributed by atoms with Crippen molar-refractivity contribution in [3.8, 4) is 0 Å². The third-order valence-electron chi connectivity index (χ3n) is 4.19. The van der Waals surface area contributed by atoms with Crippen LogP contribution < -0.4 is 10.5 Å². The maximum Gasteiger partial charge on any atom is 0.376 e. The third kappa shape index (κ3) is 2.54. The molecule has 2 aromatic rings. The molecule has 1 aliphatic rings. The molecule has 1 unspecified atom stereocenters. The van der Waals surface area contributed by atoms with Crippen LogP contribution in [0.5, 0.6) is 0 Å². The van der Waals surface area contributed by atoms with Crippen LogP contribution in [-0.4, -0.2) is 27.4 Å². The van der Waals surface area contributed by atoms with Crippen molar-refractivity contribution in [3.63, 3.8) is 0 Å². The van der Waals surface area contributed by atoms with Gasteiger partial charge in [0.05, 0.1) is 4.92 Å². The van der Waals surface area contributed by atoms with Crippen molar-refractivity contribution in [2.24, 2.45) is 5.92 Å². The highest BCUT2D eigenvalue weighted by Crippen LogP contribution is 2.26. The zero-order chi connectivity index (χ0) is 15.7. The summed E-state index contributed by atoms with van der Waals surface area (Å²) in [5.74, 6) is 0.793. The van der Waals surface area contributed by atoms with Gasteiger partial charge in [-0.2, -0.15) is 0 Å². The van der Waals surface area contributed by atoms with Crippen LogP contribution >= 0.6 is 0 Å². The lowest BCUT2D eigenvalue weighted by molar-refractivity contribution is -0.385. The van der Waals surface area contributed by atoms with Crippen LogP contribution in [0.25, 0.3) is 5.65 Å². The molecule has 7 heteroatoms. The Kier molecular flexibility index (Phi) is 3.79. The second-order valence-corrected chi connectivity index (χ2v) is 5.80. The van der Waals surface area contributed by atoms with E-state index in [2.05, 4.69) is 11.9 Å². The number of aromatic nitrogens is 2. The lowest BCUT2D eigenvalue weighted by atomic mass is 10.0. The summed E-state index contributed by atoms with van der Waals surface area (Å²) in [6.45, 7) is 3.57. The highest BCUT2D eigenvalue weighted by molar-refractivity contribution is 5.61. The van der Waals surface area contributed by atoms with Crippen molar-refractivity contribution in [3.05, 3.63) is 44.9 Å². The molecule has 2 aromatic heterocycles. The molecule has 0 amide bonds. The molecule has 0 aromatic carbocycles. The number of anilines is 1. The van der Waals surface area contributed by atoms with E-state index in [9.17, 15) is 14.9 Å². The molecule has 7 nitrogen and oxygen atoms in total. The Morgan fingerprint density at radius 1 is 1.32 bits per heavy atom. The van der Waals surface area contributed by atoms with Gasteiger partial charge in [-0.25, -0.2) is 4.98 Å². The van der Waals surface area contributed by atoms with Crippen LogP contribution in [0.3, 0.4) is 0 Å². The summed E-state index contributed by atoms with van der Waals surface area (Å²) in [4.78, 5) is 29.5. The molecule has 0 N–H and O–H groups in total. The minimum absolute atomic E-state index is 0.204. The summed E-state index contributed by atoms with van der Waals surface area (Å²) in [6.07, 6.45) is 4.50. The number of hydrogen-bond acceptors (Lipinski definition) is 5. The Hall–Kier alpha value is -2.44. The SMILES string of the molecule is CC1CCCN(c2nc3ccccn3c(=O)c2[N+](=O)[O-])CC1. The summed E-state index contributed by atoms with van der Waals surface area (Å²) in [6, 6.07) is 5.12. The maximum absolute atomic E-state index is 12.4. The predicted molar refractivity (Wildman–Crippen MR) is 83.3 cm³/mol. The number of fused-ring (bicyclic) bond motifs is 1. The highest BCUT2D eigenvalue weighted by atomic mass is 16.6. The molecule has 1 atom stereocenters. The first-order chi connectivity index (χ1) is 10.6. The zero-order valence-electron chi connectivity index (χ0n) is 12.4. The molecule has 0 saturated carbocycles. The van der Waals surface area contributed by atoms with Crippen LogP contribution in [0.15, 0.2) is 29.2 Å². The van der Waals surface area contributed by atoms with Crippen molar-refractivity contribution in [1.29, 1.82) is 0 Å². The van der Waals surface area contributed by atoms with Gasteiger partial charge in [0.25, 0.3) is 0 Å². The summed E-state index contributed by atoms with van der Waals surface area (Å²) in [5, 5.41) is 11.4. The fraction of sp³-hybridized carbons (Fsp3) is 0.467. The van der Waals surface area contributed by atoms with Crippen molar-refractivity contribution in [2.75, 3.05) is 18.0 Å². The maximum atomic E-state index is 12.4. The minimum atomic E-state index is -0.622. The molecule has 1 aliphatic heterocycles. The molecular formula is C15H18N4O3. The van der Waals surface area contributed by atoms with E-state index in [1.165, 1.54) is 10.6 Å². The van der Waals surface area contributed by atoms with Gasteiger partial charge in [-0.3, -0.25) is 19.3 Å². The molecule has 3 heterocycles. The lowest BCUT2D eigenvalue weighted by Gasteiger charge is -2.21. The molecule has 0 radical (unpaired) electrons. The van der Waals surface area contributed by atoms with Crippen LogP contribution in [0.4, 0.5) is 11.5 Å². The van der Waals surface area contributed by atoms with E-state index in [-0.39, 0.29) is 5.82 Å². The second-order valence-electron chi connectivity index (χ2n) is 5.80. The summed E-state index contributed by atoms with van der Waals surface area (Å²) in [7, 11) is 0. The quantitative estimate of drug-likeness (QED) is 0.627. The molecule has 0 spiro atoms. The molecule has 0 aliphatic carbocycles. The van der Waals surface area contributed by atoms with Gasteiger partial charge in [0.2, 0.25) is 5.82 Å². The molecular weight excluding hydrogens is 284 g/mol. The van der Waals surface area contributed by atoms with E-state index in [0.717, 1.165) is 19.3 Å². The number of hydrogen-bond donors (Lipinski definition) is 0. The van der Waals surface area contributed by atoms with E-state index >= 15 is 0 Å². The highest BCUT2D eigenvalue weighted by Gasteiger charge is 2.28. The van der Waals surface area contributed by atoms with Crippen molar-refractivity contribution < 1.29 is 4.92 Å². The fourth-order valence-electron chi connectivity index (χ4n) is 2.92. The third-order valence-corrected chi connectivity index (χ3v) is 4.19. The van der Waals surface area contributed by atoms with Gasteiger partial charge in [-0.1, -0.05) is 13.0 Å². The van der Waals surface area contributed by atoms with E-state index < -0.39 is 16.2 Å². The normalized spacial score (nSPS) is 19.1. The summed E-state index contributed by atoms with van der Waals surface area (Å²) in [5.41, 5.74) is -0.619. The molecule has 0 bridgehead atoms. The first kappa shape index (κ1) is 14.5. The van der Waals surface area contributed by atoms with Gasteiger partial charge in [0.15, 0.2) is 0 Å². The average Bonchev–Trinajstić information content (AvgIpc) is 2.71. The number of nitrogens with zero attached hydrogens (tertiary/aromatic N) is 4. The Bertz CT molecular complexity index is 771. The number of rotatable bonds is 2. The van der Waals surface area contributed by atoms with Gasteiger partial charge in [-0.15, -0.1) is 0 Å². The van der Waals surface area contributed by atoms with Crippen LogP contribution in [0.1, 0.15) is 26.2 Å². The average molecular weight is 302 g/mol. The number of nitro groups is 1. The van der Waals surface area contributed by atoms with Crippen molar-refractivity contribution in [1.82, 2.24) is 9.38 Å². The van der Waals surface area contributed by atoms with E-state index in [1.807, 2.05) is 4.90 Å². The number of pyridine rings is 1. The standard InChI is InChI=1S/C15H18N4O3/c1-11-5-4-8-17(10-7-11)14-13(19(21)22)15(20)18-9-3-2-6-12(18)16-14/h2-3,6,9,11H,4-5,7-8,10H2,1H3. The smallest absolute Gasteiger partial charge is 0.351 e. The van der Waals surface area contributed by atoms with Crippen molar-refractivity contribution >= 4 is 17.2 Å². The second kappa shape index (κ2) is 5.75. The summed E-state index contributed by atoms with van der Waals surface area (Å²) >= 11 is 0.